The number of ether oxygens (including phenoxy) is 3. The molecule has 196 valence electrons. The number of benzene rings is 1. The van der Waals surface area contributed by atoms with Crippen LogP contribution in [0.25, 0.3) is 0 Å². The molecular weight excluding hydrogens is 460 g/mol. The van der Waals surface area contributed by atoms with E-state index in [9.17, 15) is 14.4 Å². The molecule has 0 bridgehead atoms. The van der Waals surface area contributed by atoms with E-state index in [0.29, 0.717) is 23.5 Å². The van der Waals surface area contributed by atoms with Crippen molar-refractivity contribution in [2.45, 2.75) is 72.0 Å². The molecule has 0 aliphatic carbocycles. The molecule has 1 aromatic heterocycles. The molecule has 8 nitrogen and oxygen atoms in total. The quantitative estimate of drug-likeness (QED) is 0.260. The van der Waals surface area contributed by atoms with Crippen molar-refractivity contribution in [3.63, 3.8) is 0 Å². The number of hydrogen-bond donors (Lipinski definition) is 0. The number of rotatable bonds is 11. The van der Waals surface area contributed by atoms with Crippen LogP contribution in [0, 0.1) is 13.8 Å². The standard InChI is InChI=1S/C28H38N2O6/c1-19-8-6-9-20(2)30(19)27(32)18-35-24-12-10-23(11-13-24)28(33)36-17-26(31)25-16-21(3)29(22(25)4)14-7-15-34-5/h10-13,16,19-20H,6-9,14-15,17-18H2,1-5H3/t19-,20-/m0/s1. The third kappa shape index (κ3) is 6.75. The first kappa shape index (κ1) is 27.5. The van der Waals surface area contributed by atoms with E-state index in [1.165, 1.54) is 0 Å². The maximum absolute atomic E-state index is 12.7. The number of nitrogens with zero attached hydrogens (tertiary/aromatic N) is 2. The summed E-state index contributed by atoms with van der Waals surface area (Å²) in [6.45, 7) is 9.01. The lowest BCUT2D eigenvalue weighted by Gasteiger charge is -2.38. The van der Waals surface area contributed by atoms with Gasteiger partial charge in [-0.2, -0.15) is 0 Å². The van der Waals surface area contributed by atoms with Crippen molar-refractivity contribution in [3.8, 4) is 5.75 Å². The van der Waals surface area contributed by atoms with Crippen molar-refractivity contribution in [1.82, 2.24) is 9.47 Å². The molecule has 0 spiro atoms. The minimum absolute atomic E-state index is 0.0326. The predicted molar refractivity (Wildman–Crippen MR) is 137 cm³/mol. The Labute approximate surface area is 213 Å². The fourth-order valence-corrected chi connectivity index (χ4v) is 4.91. The lowest BCUT2D eigenvalue weighted by Crippen LogP contribution is -2.49. The van der Waals surface area contributed by atoms with Gasteiger partial charge in [-0.1, -0.05) is 0 Å². The number of carbonyl (C=O) groups is 3. The Kier molecular flexibility index (Phi) is 9.70. The first-order chi connectivity index (χ1) is 17.2. The van der Waals surface area contributed by atoms with Crippen molar-refractivity contribution >= 4 is 17.7 Å². The Balaban J connectivity index is 1.50. The number of aryl methyl sites for hydroxylation is 1. The first-order valence-electron chi connectivity index (χ1n) is 12.6. The van der Waals surface area contributed by atoms with Crippen LogP contribution in [0.5, 0.6) is 5.75 Å². The van der Waals surface area contributed by atoms with E-state index in [4.69, 9.17) is 14.2 Å². The summed E-state index contributed by atoms with van der Waals surface area (Å²) in [5.74, 6) is -0.367. The van der Waals surface area contributed by atoms with Gasteiger partial charge in [0.2, 0.25) is 5.78 Å². The molecule has 8 heteroatoms. The first-order valence-corrected chi connectivity index (χ1v) is 12.6. The molecule has 1 fully saturated rings. The minimum atomic E-state index is -0.587. The number of likely N-dealkylation sites (tertiary alicyclic amines) is 1. The third-order valence-corrected chi connectivity index (χ3v) is 6.87. The molecule has 36 heavy (non-hydrogen) atoms. The summed E-state index contributed by atoms with van der Waals surface area (Å²) in [7, 11) is 1.66. The molecule has 2 atom stereocenters. The largest absolute Gasteiger partial charge is 0.484 e. The highest BCUT2D eigenvalue weighted by Crippen LogP contribution is 2.23. The highest BCUT2D eigenvalue weighted by Gasteiger charge is 2.29. The van der Waals surface area contributed by atoms with Crippen LogP contribution in [0.15, 0.2) is 30.3 Å². The second-order valence-corrected chi connectivity index (χ2v) is 9.53. The lowest BCUT2D eigenvalue weighted by atomic mass is 9.97. The monoisotopic (exact) mass is 498 g/mol. The smallest absolute Gasteiger partial charge is 0.338 e. The van der Waals surface area contributed by atoms with Gasteiger partial charge in [0.05, 0.1) is 5.56 Å². The number of piperidine rings is 1. The van der Waals surface area contributed by atoms with Crippen LogP contribution < -0.4 is 4.74 Å². The van der Waals surface area contributed by atoms with Crippen molar-refractivity contribution in [3.05, 3.63) is 52.8 Å². The fourth-order valence-electron chi connectivity index (χ4n) is 4.91. The minimum Gasteiger partial charge on any atom is -0.484 e. The van der Waals surface area contributed by atoms with Crippen LogP contribution >= 0.6 is 0 Å². The highest BCUT2D eigenvalue weighted by molar-refractivity contribution is 6.00. The number of ketones is 1. The highest BCUT2D eigenvalue weighted by atomic mass is 16.5. The molecule has 2 aromatic rings. The second kappa shape index (κ2) is 12.7. The van der Waals surface area contributed by atoms with Gasteiger partial charge in [0, 0.05) is 49.3 Å². The lowest BCUT2D eigenvalue weighted by molar-refractivity contribution is -0.139. The molecule has 0 radical (unpaired) electrons. The second-order valence-electron chi connectivity index (χ2n) is 9.53. The molecule has 3 rings (SSSR count). The van der Waals surface area contributed by atoms with Crippen molar-refractivity contribution in [1.29, 1.82) is 0 Å². The molecule has 1 aromatic carbocycles. The van der Waals surface area contributed by atoms with Crippen molar-refractivity contribution in [2.75, 3.05) is 26.9 Å². The molecule has 0 saturated carbocycles. The Hall–Kier alpha value is -3.13. The summed E-state index contributed by atoms with van der Waals surface area (Å²) in [6.07, 6.45) is 4.00. The van der Waals surface area contributed by atoms with Crippen LogP contribution in [0.3, 0.4) is 0 Å². The van der Waals surface area contributed by atoms with Crippen LogP contribution in [-0.2, 0) is 20.8 Å². The third-order valence-electron chi connectivity index (χ3n) is 6.87. The summed E-state index contributed by atoms with van der Waals surface area (Å²) in [6, 6.07) is 8.65. The number of Topliss-reactive ketones (excluding diaryl/α,β-unsaturated/α-hetero) is 1. The van der Waals surface area contributed by atoms with Gasteiger partial charge in [-0.25, -0.2) is 4.79 Å². The van der Waals surface area contributed by atoms with E-state index in [-0.39, 0.29) is 37.0 Å². The normalized spacial score (nSPS) is 17.6. The zero-order valence-corrected chi connectivity index (χ0v) is 22.0. The van der Waals surface area contributed by atoms with Gasteiger partial charge in [-0.05, 0) is 83.7 Å². The number of carbonyl (C=O) groups excluding carboxylic acids is 3. The molecule has 1 aliphatic rings. The maximum Gasteiger partial charge on any atom is 0.338 e. The van der Waals surface area contributed by atoms with Crippen molar-refractivity contribution in [2.24, 2.45) is 0 Å². The zero-order valence-electron chi connectivity index (χ0n) is 22.0. The van der Waals surface area contributed by atoms with Crippen molar-refractivity contribution < 1.29 is 28.6 Å². The molecule has 1 aliphatic heterocycles. The number of hydrogen-bond acceptors (Lipinski definition) is 6. The summed E-state index contributed by atoms with van der Waals surface area (Å²) < 4.78 is 18.1. The Bertz CT molecular complexity index is 1050. The number of amides is 1. The Morgan fingerprint density at radius 1 is 1.00 bits per heavy atom. The van der Waals surface area contributed by atoms with E-state index >= 15 is 0 Å². The Morgan fingerprint density at radius 3 is 2.31 bits per heavy atom. The molecule has 1 amide bonds. The van der Waals surface area contributed by atoms with Gasteiger partial charge in [0.1, 0.15) is 5.75 Å². The topological polar surface area (TPSA) is 87.1 Å². The van der Waals surface area contributed by atoms with Gasteiger partial charge in [-0.3, -0.25) is 9.59 Å². The van der Waals surface area contributed by atoms with Gasteiger partial charge in [0.15, 0.2) is 13.2 Å². The molecule has 2 heterocycles. The van der Waals surface area contributed by atoms with Gasteiger partial charge in [0.25, 0.3) is 5.91 Å². The van der Waals surface area contributed by atoms with Gasteiger partial charge < -0.3 is 23.7 Å². The molecule has 0 N–H and O–H groups in total. The van der Waals surface area contributed by atoms with Crippen LogP contribution in [0.4, 0.5) is 0 Å². The summed E-state index contributed by atoms with van der Waals surface area (Å²) in [5, 5.41) is 0. The average Bonchev–Trinajstić information content (AvgIpc) is 3.14. The SMILES string of the molecule is COCCCn1c(C)cc(C(=O)COC(=O)c2ccc(OCC(=O)N3[C@@H](C)CCC[C@@H]3C)cc2)c1C. The molecule has 0 unspecified atom stereocenters. The van der Waals surface area contributed by atoms with E-state index in [1.807, 2.05) is 24.8 Å². The van der Waals surface area contributed by atoms with Crippen LogP contribution in [-0.4, -0.2) is 66.1 Å². The van der Waals surface area contributed by atoms with E-state index < -0.39 is 5.97 Å². The summed E-state index contributed by atoms with van der Waals surface area (Å²) in [5.41, 5.74) is 2.71. The molecular formula is C28H38N2O6. The van der Waals surface area contributed by atoms with Gasteiger partial charge in [-0.15, -0.1) is 0 Å². The average molecular weight is 499 g/mol. The maximum atomic E-state index is 12.7. The zero-order chi connectivity index (χ0) is 26.2. The summed E-state index contributed by atoms with van der Waals surface area (Å²) >= 11 is 0. The molecule has 1 saturated heterocycles. The van der Waals surface area contributed by atoms with Gasteiger partial charge >= 0.3 is 5.97 Å². The Morgan fingerprint density at radius 2 is 1.67 bits per heavy atom. The van der Waals surface area contributed by atoms with E-state index in [1.54, 1.807) is 31.4 Å². The van der Waals surface area contributed by atoms with Crippen LogP contribution in [0.1, 0.15) is 71.6 Å². The summed E-state index contributed by atoms with van der Waals surface area (Å²) in [4.78, 5) is 39.7. The number of aromatic nitrogens is 1. The van der Waals surface area contributed by atoms with E-state index in [2.05, 4.69) is 18.4 Å². The fraction of sp³-hybridized carbons (Fsp3) is 0.536. The predicted octanol–water partition coefficient (Wildman–Crippen LogP) is 4.35. The van der Waals surface area contributed by atoms with Crippen LogP contribution in [0.2, 0.25) is 0 Å². The number of esters is 1. The van der Waals surface area contributed by atoms with E-state index in [0.717, 1.165) is 43.6 Å². The number of methoxy groups -OCH3 is 1.